The Morgan fingerprint density at radius 3 is 2.26 bits per heavy atom. The molecule has 3 rings (SSSR count). The topological polar surface area (TPSA) is 86.8 Å². The van der Waals surface area contributed by atoms with Crippen molar-refractivity contribution in [3.8, 4) is 0 Å². The molecule has 0 aliphatic rings. The molecule has 0 spiro atoms. The molecule has 0 aliphatic heterocycles. The highest BCUT2D eigenvalue weighted by molar-refractivity contribution is 7.92. The number of benzene rings is 3. The molecule has 2 amide bonds. The zero-order valence-corrected chi connectivity index (χ0v) is 24.0. The summed E-state index contributed by atoms with van der Waals surface area (Å²) < 4.78 is 43.3. The van der Waals surface area contributed by atoms with Crippen LogP contribution in [-0.4, -0.2) is 43.8 Å². The van der Waals surface area contributed by atoms with E-state index in [0.29, 0.717) is 17.0 Å². The molecule has 208 valence electrons. The minimum Gasteiger partial charge on any atom is -0.352 e. The zero-order valence-electron chi connectivity index (χ0n) is 22.4. The van der Waals surface area contributed by atoms with Crippen LogP contribution in [-0.2, 0) is 26.2 Å². The molecule has 0 saturated heterocycles. The fourth-order valence-electron chi connectivity index (χ4n) is 3.96. The van der Waals surface area contributed by atoms with E-state index in [4.69, 9.17) is 11.6 Å². The molecule has 0 aliphatic carbocycles. The molecular weight excluding hydrogens is 541 g/mol. The van der Waals surface area contributed by atoms with Gasteiger partial charge in [-0.05, 0) is 63.1 Å². The lowest BCUT2D eigenvalue weighted by atomic mass is 10.1. The second-order valence-electron chi connectivity index (χ2n) is 9.32. The number of carbonyl (C=O) groups excluding carboxylic acids is 2. The van der Waals surface area contributed by atoms with E-state index in [0.717, 1.165) is 4.31 Å². The van der Waals surface area contributed by atoms with Gasteiger partial charge in [0.05, 0.1) is 10.6 Å². The van der Waals surface area contributed by atoms with Crippen LogP contribution in [0.1, 0.15) is 38.3 Å². The third kappa shape index (κ3) is 7.16. The van der Waals surface area contributed by atoms with Crippen LogP contribution >= 0.6 is 11.6 Å². The van der Waals surface area contributed by atoms with Gasteiger partial charge in [0, 0.05) is 23.2 Å². The normalized spacial score (nSPS) is 12.9. The van der Waals surface area contributed by atoms with Gasteiger partial charge < -0.3 is 10.2 Å². The minimum atomic E-state index is -4.22. The van der Waals surface area contributed by atoms with Crippen LogP contribution in [0.4, 0.5) is 10.1 Å². The molecule has 7 nitrogen and oxygen atoms in total. The molecule has 0 bridgehead atoms. The Hall–Kier alpha value is -3.43. The van der Waals surface area contributed by atoms with Crippen LogP contribution in [0, 0.1) is 12.7 Å². The average Bonchev–Trinajstić information content (AvgIpc) is 2.92. The molecule has 3 aromatic rings. The van der Waals surface area contributed by atoms with Crippen molar-refractivity contribution in [3.63, 3.8) is 0 Å². The summed E-state index contributed by atoms with van der Waals surface area (Å²) in [7, 11) is -4.22. The largest absolute Gasteiger partial charge is 0.352 e. The Morgan fingerprint density at radius 1 is 0.974 bits per heavy atom. The molecule has 2 atom stereocenters. The first-order chi connectivity index (χ1) is 18.5. The van der Waals surface area contributed by atoms with Gasteiger partial charge >= 0.3 is 0 Å². The number of amides is 2. The Kier molecular flexibility index (Phi) is 10.1. The quantitative estimate of drug-likeness (QED) is 0.337. The Balaban J connectivity index is 2.07. The summed E-state index contributed by atoms with van der Waals surface area (Å²) in [5.41, 5.74) is 0.891. The van der Waals surface area contributed by atoms with Crippen LogP contribution in [0.25, 0.3) is 0 Å². The van der Waals surface area contributed by atoms with E-state index in [2.05, 4.69) is 5.32 Å². The SMILES string of the molecule is CC[C@H](C)NC(=O)[C@@H](C)N(Cc1ccccc1F)C(=O)CN(c1cccc(Cl)c1C)S(=O)(=O)c1ccccc1. The van der Waals surface area contributed by atoms with Gasteiger partial charge in [-0.3, -0.25) is 13.9 Å². The molecule has 0 saturated carbocycles. The van der Waals surface area contributed by atoms with Crippen molar-refractivity contribution in [1.82, 2.24) is 10.2 Å². The number of carbonyl (C=O) groups is 2. The fourth-order valence-corrected chi connectivity index (χ4v) is 5.62. The van der Waals surface area contributed by atoms with Gasteiger partial charge in [-0.1, -0.05) is 61.0 Å². The van der Waals surface area contributed by atoms with Crippen molar-refractivity contribution >= 4 is 39.1 Å². The first-order valence-corrected chi connectivity index (χ1v) is 14.4. The van der Waals surface area contributed by atoms with Gasteiger partial charge in [-0.25, -0.2) is 12.8 Å². The monoisotopic (exact) mass is 573 g/mol. The summed E-state index contributed by atoms with van der Waals surface area (Å²) >= 11 is 6.32. The first kappa shape index (κ1) is 30.1. The smallest absolute Gasteiger partial charge is 0.264 e. The Labute approximate surface area is 234 Å². The maximum atomic E-state index is 14.6. The van der Waals surface area contributed by atoms with Gasteiger partial charge in [0.15, 0.2) is 0 Å². The van der Waals surface area contributed by atoms with Crippen LogP contribution < -0.4 is 9.62 Å². The molecule has 3 aromatic carbocycles. The summed E-state index contributed by atoms with van der Waals surface area (Å²) in [6.07, 6.45) is 0.677. The maximum Gasteiger partial charge on any atom is 0.264 e. The van der Waals surface area contributed by atoms with Gasteiger partial charge in [-0.2, -0.15) is 0 Å². The Bertz CT molecular complexity index is 1420. The third-order valence-corrected chi connectivity index (χ3v) is 8.77. The van der Waals surface area contributed by atoms with Crippen molar-refractivity contribution < 1.29 is 22.4 Å². The van der Waals surface area contributed by atoms with Crippen molar-refractivity contribution in [2.75, 3.05) is 10.8 Å². The number of sulfonamides is 1. The summed E-state index contributed by atoms with van der Waals surface area (Å²) in [4.78, 5) is 28.1. The minimum absolute atomic E-state index is 0.0135. The van der Waals surface area contributed by atoms with E-state index >= 15 is 0 Å². The van der Waals surface area contributed by atoms with Crippen LogP contribution in [0.5, 0.6) is 0 Å². The second-order valence-corrected chi connectivity index (χ2v) is 11.6. The number of halogens is 2. The van der Waals surface area contributed by atoms with Crippen molar-refractivity contribution in [2.24, 2.45) is 0 Å². The average molecular weight is 574 g/mol. The lowest BCUT2D eigenvalue weighted by Crippen LogP contribution is -2.52. The van der Waals surface area contributed by atoms with Crippen molar-refractivity contribution in [1.29, 1.82) is 0 Å². The highest BCUT2D eigenvalue weighted by atomic mass is 35.5. The highest BCUT2D eigenvalue weighted by Gasteiger charge is 2.33. The van der Waals surface area contributed by atoms with Crippen LogP contribution in [0.2, 0.25) is 5.02 Å². The Morgan fingerprint density at radius 2 is 1.62 bits per heavy atom. The maximum absolute atomic E-state index is 14.6. The van der Waals surface area contributed by atoms with Crippen LogP contribution in [0.15, 0.2) is 77.7 Å². The molecule has 39 heavy (non-hydrogen) atoms. The molecular formula is C29H33ClFN3O4S. The standard InChI is InChI=1S/C29H33ClFN3O4S/c1-5-20(2)32-29(36)22(4)33(18-23-12-9-10-16-26(23)31)28(35)19-34(27-17-11-15-25(30)21(27)3)39(37,38)24-13-7-6-8-14-24/h6-17,20,22H,5,18-19H2,1-4H3,(H,32,36)/t20-,22+/m0/s1. The number of anilines is 1. The summed E-state index contributed by atoms with van der Waals surface area (Å²) in [5.74, 6) is -1.64. The molecule has 0 radical (unpaired) electrons. The van der Waals surface area contributed by atoms with E-state index in [9.17, 15) is 22.4 Å². The van der Waals surface area contributed by atoms with Crippen LogP contribution in [0.3, 0.4) is 0 Å². The molecule has 10 heteroatoms. The third-order valence-electron chi connectivity index (χ3n) is 6.58. The van der Waals surface area contributed by atoms with E-state index in [-0.39, 0.29) is 28.7 Å². The summed E-state index contributed by atoms with van der Waals surface area (Å²) in [6, 6.07) is 17.3. The lowest BCUT2D eigenvalue weighted by molar-refractivity contribution is -0.139. The second kappa shape index (κ2) is 13.1. The number of nitrogens with one attached hydrogen (secondary N) is 1. The number of hydrogen-bond donors (Lipinski definition) is 1. The van der Waals surface area contributed by atoms with E-state index < -0.39 is 40.2 Å². The van der Waals surface area contributed by atoms with E-state index in [1.54, 1.807) is 49.4 Å². The molecule has 0 unspecified atom stereocenters. The zero-order chi connectivity index (χ0) is 28.7. The van der Waals surface area contributed by atoms with Gasteiger partial charge in [0.25, 0.3) is 10.0 Å². The van der Waals surface area contributed by atoms with Gasteiger partial charge in [-0.15, -0.1) is 0 Å². The van der Waals surface area contributed by atoms with Gasteiger partial charge in [0.2, 0.25) is 11.8 Å². The van der Waals surface area contributed by atoms with Gasteiger partial charge in [0.1, 0.15) is 18.4 Å². The van der Waals surface area contributed by atoms with E-state index in [1.165, 1.54) is 42.2 Å². The predicted octanol–water partition coefficient (Wildman–Crippen LogP) is 5.31. The summed E-state index contributed by atoms with van der Waals surface area (Å²) in [5, 5.41) is 3.18. The number of nitrogens with zero attached hydrogens (tertiary/aromatic N) is 2. The molecule has 0 aromatic heterocycles. The highest BCUT2D eigenvalue weighted by Crippen LogP contribution is 2.31. The molecule has 1 N–H and O–H groups in total. The molecule has 0 fully saturated rings. The summed E-state index contributed by atoms with van der Waals surface area (Å²) in [6.45, 7) is 6.09. The van der Waals surface area contributed by atoms with Crippen molar-refractivity contribution in [2.45, 2.75) is 57.6 Å². The molecule has 0 heterocycles. The first-order valence-electron chi connectivity index (χ1n) is 12.6. The lowest BCUT2D eigenvalue weighted by Gasteiger charge is -2.33. The number of hydrogen-bond acceptors (Lipinski definition) is 4. The predicted molar refractivity (Wildman–Crippen MR) is 151 cm³/mol. The number of rotatable bonds is 11. The van der Waals surface area contributed by atoms with Crippen molar-refractivity contribution in [3.05, 3.63) is 94.8 Å². The van der Waals surface area contributed by atoms with E-state index in [1.807, 2.05) is 13.8 Å². The fraction of sp³-hybridized carbons (Fsp3) is 0.310.